The van der Waals surface area contributed by atoms with Crippen LogP contribution in [0.15, 0.2) is 61.1 Å². The van der Waals surface area contributed by atoms with Gasteiger partial charge in [-0.3, -0.25) is 9.89 Å². The maximum Gasteiger partial charge on any atom is 0.224 e. The summed E-state index contributed by atoms with van der Waals surface area (Å²) in [7, 11) is 1.71. The van der Waals surface area contributed by atoms with Gasteiger partial charge in [-0.1, -0.05) is 30.3 Å². The summed E-state index contributed by atoms with van der Waals surface area (Å²) in [5, 5.41) is 10.9. The van der Waals surface area contributed by atoms with E-state index in [1.807, 2.05) is 24.3 Å². The lowest BCUT2D eigenvalue weighted by Crippen LogP contribution is -2.11. The fraction of sp³-hybridized carbons (Fsp3) is 0.261. The van der Waals surface area contributed by atoms with Crippen LogP contribution in [0.5, 0.6) is 0 Å². The van der Waals surface area contributed by atoms with Crippen LogP contribution in [0, 0.1) is 0 Å². The molecule has 0 saturated heterocycles. The Morgan fingerprint density at radius 2 is 2.10 bits per heavy atom. The van der Waals surface area contributed by atoms with E-state index >= 15 is 0 Å². The van der Waals surface area contributed by atoms with Gasteiger partial charge in [-0.15, -0.1) is 0 Å². The summed E-state index contributed by atoms with van der Waals surface area (Å²) in [6.07, 6.45) is 5.75. The zero-order chi connectivity index (χ0) is 20.8. The van der Waals surface area contributed by atoms with Crippen molar-refractivity contribution in [3.05, 3.63) is 66.6 Å². The van der Waals surface area contributed by atoms with Crippen molar-refractivity contribution in [1.29, 1.82) is 0 Å². The van der Waals surface area contributed by atoms with Crippen LogP contribution in [-0.4, -0.2) is 39.4 Å². The van der Waals surface area contributed by atoms with Crippen LogP contribution in [0.25, 0.3) is 22.3 Å². The predicted octanol–water partition coefficient (Wildman–Crippen LogP) is 4.03. The van der Waals surface area contributed by atoms with E-state index in [1.54, 1.807) is 7.11 Å². The topological polar surface area (TPSA) is 84.8 Å². The zero-order valence-corrected chi connectivity index (χ0v) is 17.0. The first-order chi connectivity index (χ1) is 14.7. The van der Waals surface area contributed by atoms with Gasteiger partial charge in [0.2, 0.25) is 5.91 Å². The van der Waals surface area contributed by atoms with Crippen LogP contribution in [0.4, 0.5) is 5.69 Å². The van der Waals surface area contributed by atoms with Crippen molar-refractivity contribution in [3.63, 3.8) is 0 Å². The summed E-state index contributed by atoms with van der Waals surface area (Å²) in [5.74, 6) is 0.684. The zero-order valence-electron chi connectivity index (χ0n) is 17.0. The molecule has 2 heterocycles. The summed E-state index contributed by atoms with van der Waals surface area (Å²) in [5.41, 5.74) is 4.11. The molecule has 7 nitrogen and oxygen atoms in total. The van der Waals surface area contributed by atoms with Crippen LogP contribution in [-0.2, 0) is 22.5 Å². The molecule has 0 bridgehead atoms. The van der Waals surface area contributed by atoms with Crippen molar-refractivity contribution >= 4 is 22.5 Å². The summed E-state index contributed by atoms with van der Waals surface area (Å²) in [6, 6.07) is 16.0. The highest BCUT2D eigenvalue weighted by molar-refractivity contribution is 5.91. The number of methoxy groups -OCH3 is 1. The van der Waals surface area contributed by atoms with E-state index in [4.69, 9.17) is 4.74 Å². The third kappa shape index (κ3) is 4.58. The smallest absolute Gasteiger partial charge is 0.224 e. The molecular formula is C23H25N5O2. The Morgan fingerprint density at radius 1 is 1.20 bits per heavy atom. The number of nitrogens with one attached hydrogen (secondary N) is 2. The quantitative estimate of drug-likeness (QED) is 0.442. The Kier molecular flexibility index (Phi) is 6.20. The minimum Gasteiger partial charge on any atom is -0.383 e. The number of ether oxygens (including phenoxy) is 1. The van der Waals surface area contributed by atoms with Gasteiger partial charge in [-0.2, -0.15) is 5.10 Å². The summed E-state index contributed by atoms with van der Waals surface area (Å²) < 4.78 is 7.45. The van der Waals surface area contributed by atoms with Crippen molar-refractivity contribution < 1.29 is 9.53 Å². The number of hydrogen-bond acceptors (Lipinski definition) is 4. The van der Waals surface area contributed by atoms with Crippen molar-refractivity contribution in [3.8, 4) is 11.4 Å². The fourth-order valence-corrected chi connectivity index (χ4v) is 3.65. The maximum atomic E-state index is 12.4. The van der Waals surface area contributed by atoms with Gasteiger partial charge in [0.15, 0.2) is 5.82 Å². The van der Waals surface area contributed by atoms with Gasteiger partial charge in [0.1, 0.15) is 6.33 Å². The second-order valence-corrected chi connectivity index (χ2v) is 7.17. The minimum atomic E-state index is 0.00726. The van der Waals surface area contributed by atoms with Crippen molar-refractivity contribution in [2.24, 2.45) is 0 Å². The largest absolute Gasteiger partial charge is 0.383 e. The molecule has 0 aliphatic carbocycles. The third-order valence-electron chi connectivity index (χ3n) is 5.09. The lowest BCUT2D eigenvalue weighted by Gasteiger charge is -2.06. The third-order valence-corrected chi connectivity index (χ3v) is 5.09. The Labute approximate surface area is 175 Å². The first kappa shape index (κ1) is 19.8. The normalized spacial score (nSPS) is 11.1. The number of para-hydroxylation sites is 1. The molecule has 2 aromatic heterocycles. The first-order valence-electron chi connectivity index (χ1n) is 10.1. The van der Waals surface area contributed by atoms with Crippen LogP contribution in [0.1, 0.15) is 18.4 Å². The van der Waals surface area contributed by atoms with E-state index in [9.17, 15) is 4.79 Å². The summed E-state index contributed by atoms with van der Waals surface area (Å²) in [4.78, 5) is 16.6. The molecular weight excluding hydrogens is 378 g/mol. The Balaban J connectivity index is 1.36. The molecule has 0 fully saturated rings. The average molecular weight is 403 g/mol. The SMILES string of the molecule is COCCn1cc(CCCC(=O)Nc2cccc(-c3ncn[nH]3)c2)c2ccccc21. The lowest BCUT2D eigenvalue weighted by molar-refractivity contribution is -0.116. The van der Waals surface area contributed by atoms with Crippen LogP contribution >= 0.6 is 0 Å². The van der Waals surface area contributed by atoms with Gasteiger partial charge in [0, 0.05) is 48.4 Å². The minimum absolute atomic E-state index is 0.00726. The number of rotatable bonds is 9. The van der Waals surface area contributed by atoms with Crippen LogP contribution in [0.2, 0.25) is 0 Å². The second-order valence-electron chi connectivity index (χ2n) is 7.17. The molecule has 154 valence electrons. The van der Waals surface area contributed by atoms with Crippen LogP contribution < -0.4 is 5.32 Å². The molecule has 0 saturated carbocycles. The number of amides is 1. The van der Waals surface area contributed by atoms with Gasteiger partial charge in [0.25, 0.3) is 0 Å². The molecule has 2 N–H and O–H groups in total. The maximum absolute atomic E-state index is 12.4. The number of aryl methyl sites for hydroxylation is 1. The van der Waals surface area contributed by atoms with Gasteiger partial charge in [0.05, 0.1) is 6.61 Å². The number of aromatic nitrogens is 4. The molecule has 0 radical (unpaired) electrons. The Bertz CT molecular complexity index is 1120. The van der Waals surface area contributed by atoms with E-state index in [2.05, 4.69) is 55.5 Å². The summed E-state index contributed by atoms with van der Waals surface area (Å²) >= 11 is 0. The Morgan fingerprint density at radius 3 is 2.93 bits per heavy atom. The first-order valence-corrected chi connectivity index (χ1v) is 10.1. The molecule has 0 aliphatic heterocycles. The van der Waals surface area contributed by atoms with Crippen molar-refractivity contribution in [2.75, 3.05) is 19.0 Å². The number of benzene rings is 2. The average Bonchev–Trinajstić information content (AvgIpc) is 3.41. The van der Waals surface area contributed by atoms with E-state index in [-0.39, 0.29) is 5.91 Å². The predicted molar refractivity (Wildman–Crippen MR) is 117 cm³/mol. The highest BCUT2D eigenvalue weighted by Gasteiger charge is 2.10. The molecule has 1 amide bonds. The van der Waals surface area contributed by atoms with E-state index < -0.39 is 0 Å². The number of anilines is 1. The van der Waals surface area contributed by atoms with Gasteiger partial charge in [-0.25, -0.2) is 4.98 Å². The second kappa shape index (κ2) is 9.37. The molecule has 0 aliphatic rings. The van der Waals surface area contributed by atoms with Gasteiger partial charge in [-0.05, 0) is 36.6 Å². The van der Waals surface area contributed by atoms with Gasteiger partial charge >= 0.3 is 0 Å². The van der Waals surface area contributed by atoms with Gasteiger partial charge < -0.3 is 14.6 Å². The molecule has 2 aromatic carbocycles. The highest BCUT2D eigenvalue weighted by atomic mass is 16.5. The molecule has 0 unspecified atom stereocenters. The van der Waals surface area contributed by atoms with E-state index in [0.29, 0.717) is 18.9 Å². The molecule has 4 aromatic rings. The van der Waals surface area contributed by atoms with Crippen molar-refractivity contribution in [1.82, 2.24) is 19.7 Å². The van der Waals surface area contributed by atoms with Crippen molar-refractivity contribution in [2.45, 2.75) is 25.8 Å². The molecule has 7 heteroatoms. The lowest BCUT2D eigenvalue weighted by atomic mass is 10.1. The molecule has 0 atom stereocenters. The highest BCUT2D eigenvalue weighted by Crippen LogP contribution is 2.23. The number of carbonyl (C=O) groups excluding carboxylic acids is 1. The standard InChI is InChI=1S/C23H25N5O2/c1-30-13-12-28-15-18(20-9-2-3-10-21(20)28)7-5-11-22(29)26-19-8-4-6-17(14-19)23-24-16-25-27-23/h2-4,6,8-10,14-16H,5,7,11-13H2,1H3,(H,26,29)(H,24,25,27). The number of H-pyrrole nitrogens is 1. The summed E-state index contributed by atoms with van der Waals surface area (Å²) in [6.45, 7) is 1.49. The Hall–Kier alpha value is -3.45. The van der Waals surface area contributed by atoms with E-state index in [1.165, 1.54) is 22.8 Å². The number of nitrogens with zero attached hydrogens (tertiary/aromatic N) is 3. The fourth-order valence-electron chi connectivity index (χ4n) is 3.65. The number of aromatic amines is 1. The number of fused-ring (bicyclic) bond motifs is 1. The monoisotopic (exact) mass is 403 g/mol. The molecule has 4 rings (SSSR count). The number of carbonyl (C=O) groups is 1. The van der Waals surface area contributed by atoms with E-state index in [0.717, 1.165) is 30.6 Å². The molecule has 0 spiro atoms. The molecule has 30 heavy (non-hydrogen) atoms. The number of hydrogen-bond donors (Lipinski definition) is 2. The van der Waals surface area contributed by atoms with Crippen LogP contribution in [0.3, 0.4) is 0 Å².